The number of carbonyl (C=O) groups is 2. The van der Waals surface area contributed by atoms with Gasteiger partial charge in [0.25, 0.3) is 11.7 Å². The first-order valence-corrected chi connectivity index (χ1v) is 11.6. The number of amides is 1. The molecule has 1 unspecified atom stereocenters. The molecule has 184 valence electrons. The summed E-state index contributed by atoms with van der Waals surface area (Å²) in [4.78, 5) is 29.9. The van der Waals surface area contributed by atoms with Crippen LogP contribution in [0.1, 0.15) is 17.2 Å². The first-order valence-electron chi connectivity index (χ1n) is 11.2. The molecule has 0 radical (unpaired) electrons. The molecule has 2 heterocycles. The fourth-order valence-corrected chi connectivity index (χ4v) is 4.76. The number of phenols is 1. The fraction of sp³-hybridized carbons (Fsp3) is 0.185. The van der Waals surface area contributed by atoms with Gasteiger partial charge in [-0.05, 0) is 54.1 Å². The number of aliphatic hydroxyl groups is 1. The second-order valence-corrected chi connectivity index (χ2v) is 8.97. The lowest BCUT2D eigenvalue weighted by molar-refractivity contribution is -0.132. The number of hydrogen-bond donors (Lipinski definition) is 2. The van der Waals surface area contributed by atoms with E-state index in [1.54, 1.807) is 48.5 Å². The van der Waals surface area contributed by atoms with Gasteiger partial charge in [-0.3, -0.25) is 14.5 Å². The number of aliphatic hydroxyl groups excluding tert-OH is 1. The standard InChI is InChI=1S/C27H23ClN2O6/c1-29-10-11-36-21-8-7-16(12-19(21)29)25(32)23-24(15-6-9-22(35-2)20(31)13-15)30(27(34)26(23)33)18-5-3-4-17(28)14-18/h3-9,12-14,24,31-32H,10-11H2,1-2H3/b25-23-. The Morgan fingerprint density at radius 1 is 1.11 bits per heavy atom. The van der Waals surface area contributed by atoms with E-state index in [9.17, 15) is 19.8 Å². The van der Waals surface area contributed by atoms with Crippen molar-refractivity contribution in [3.63, 3.8) is 0 Å². The van der Waals surface area contributed by atoms with E-state index >= 15 is 0 Å². The summed E-state index contributed by atoms with van der Waals surface area (Å²) < 4.78 is 10.8. The van der Waals surface area contributed by atoms with Crippen LogP contribution in [-0.2, 0) is 9.59 Å². The largest absolute Gasteiger partial charge is 0.507 e. The number of benzene rings is 3. The number of ether oxygens (including phenoxy) is 2. The van der Waals surface area contributed by atoms with E-state index < -0.39 is 17.7 Å². The van der Waals surface area contributed by atoms with Crippen LogP contribution >= 0.6 is 11.6 Å². The van der Waals surface area contributed by atoms with E-state index in [-0.39, 0.29) is 22.8 Å². The normalized spacial score (nSPS) is 18.7. The number of rotatable bonds is 4. The molecule has 2 aliphatic rings. The molecule has 2 N–H and O–H groups in total. The molecule has 0 aliphatic carbocycles. The number of aromatic hydroxyl groups is 1. The van der Waals surface area contributed by atoms with Gasteiger partial charge in [-0.1, -0.05) is 23.7 Å². The maximum absolute atomic E-state index is 13.4. The van der Waals surface area contributed by atoms with Gasteiger partial charge in [0, 0.05) is 23.3 Å². The highest BCUT2D eigenvalue weighted by Crippen LogP contribution is 2.45. The van der Waals surface area contributed by atoms with Gasteiger partial charge in [-0.2, -0.15) is 0 Å². The minimum atomic E-state index is -1.02. The highest BCUT2D eigenvalue weighted by atomic mass is 35.5. The van der Waals surface area contributed by atoms with Crippen molar-refractivity contribution in [1.29, 1.82) is 0 Å². The van der Waals surface area contributed by atoms with Crippen LogP contribution in [0.25, 0.3) is 5.76 Å². The predicted octanol–water partition coefficient (Wildman–Crippen LogP) is 4.51. The first-order chi connectivity index (χ1) is 17.3. The number of halogens is 1. The van der Waals surface area contributed by atoms with E-state index in [2.05, 4.69) is 0 Å². The molecule has 1 atom stereocenters. The average molecular weight is 507 g/mol. The lowest BCUT2D eigenvalue weighted by Crippen LogP contribution is -2.29. The summed E-state index contributed by atoms with van der Waals surface area (Å²) in [7, 11) is 3.33. The van der Waals surface area contributed by atoms with E-state index in [4.69, 9.17) is 21.1 Å². The number of ketones is 1. The van der Waals surface area contributed by atoms with Gasteiger partial charge in [0.1, 0.15) is 18.1 Å². The first kappa shape index (κ1) is 23.6. The summed E-state index contributed by atoms with van der Waals surface area (Å²) in [5.41, 5.74) is 1.80. The second kappa shape index (κ2) is 9.13. The third kappa shape index (κ3) is 3.89. The third-order valence-corrected chi connectivity index (χ3v) is 6.61. The molecule has 5 rings (SSSR count). The molecular weight excluding hydrogens is 484 g/mol. The van der Waals surface area contributed by atoms with Gasteiger partial charge in [0.15, 0.2) is 11.5 Å². The zero-order valence-electron chi connectivity index (χ0n) is 19.6. The minimum absolute atomic E-state index is 0.108. The maximum Gasteiger partial charge on any atom is 0.300 e. The highest BCUT2D eigenvalue weighted by molar-refractivity contribution is 6.51. The van der Waals surface area contributed by atoms with Crippen LogP contribution in [-0.4, -0.2) is 49.2 Å². The molecule has 3 aromatic carbocycles. The molecule has 1 fully saturated rings. The van der Waals surface area contributed by atoms with Crippen molar-refractivity contribution in [2.24, 2.45) is 0 Å². The molecule has 9 heteroatoms. The zero-order chi connectivity index (χ0) is 25.6. The lowest BCUT2D eigenvalue weighted by Gasteiger charge is -2.28. The number of phenolic OH excluding ortho intramolecular Hbond substituents is 1. The Bertz CT molecular complexity index is 1420. The molecule has 0 aromatic heterocycles. The Kier molecular flexibility index (Phi) is 5.97. The van der Waals surface area contributed by atoms with Crippen molar-refractivity contribution < 1.29 is 29.3 Å². The maximum atomic E-state index is 13.4. The Hall–Kier alpha value is -4.17. The molecule has 2 aliphatic heterocycles. The number of fused-ring (bicyclic) bond motifs is 1. The van der Waals surface area contributed by atoms with Gasteiger partial charge in [-0.25, -0.2) is 0 Å². The summed E-state index contributed by atoms with van der Waals surface area (Å²) in [5.74, 6) is -1.28. The Morgan fingerprint density at radius 3 is 2.64 bits per heavy atom. The number of nitrogens with zero attached hydrogens (tertiary/aromatic N) is 2. The molecule has 0 spiro atoms. The number of hydrogen-bond acceptors (Lipinski definition) is 7. The van der Waals surface area contributed by atoms with Gasteiger partial charge < -0.3 is 24.6 Å². The molecular formula is C27H23ClN2O6. The number of methoxy groups -OCH3 is 1. The summed E-state index contributed by atoms with van der Waals surface area (Å²) in [6, 6.07) is 15.2. The molecule has 1 amide bonds. The lowest BCUT2D eigenvalue weighted by atomic mass is 9.94. The van der Waals surface area contributed by atoms with Crippen LogP contribution in [0.4, 0.5) is 11.4 Å². The van der Waals surface area contributed by atoms with E-state index in [1.165, 1.54) is 24.1 Å². The summed E-state index contributed by atoms with van der Waals surface area (Å²) >= 11 is 6.18. The molecule has 8 nitrogen and oxygen atoms in total. The predicted molar refractivity (Wildman–Crippen MR) is 136 cm³/mol. The number of carbonyl (C=O) groups excluding carboxylic acids is 2. The van der Waals surface area contributed by atoms with Crippen LogP contribution in [0.5, 0.6) is 17.2 Å². The van der Waals surface area contributed by atoms with Gasteiger partial charge in [0.2, 0.25) is 0 Å². The zero-order valence-corrected chi connectivity index (χ0v) is 20.3. The number of likely N-dealkylation sites (N-methyl/N-ethyl adjacent to an activating group) is 1. The molecule has 36 heavy (non-hydrogen) atoms. The number of anilines is 2. The van der Waals surface area contributed by atoms with Crippen LogP contribution in [0.15, 0.2) is 66.2 Å². The van der Waals surface area contributed by atoms with Crippen LogP contribution < -0.4 is 19.3 Å². The molecule has 0 bridgehead atoms. The Morgan fingerprint density at radius 2 is 1.92 bits per heavy atom. The smallest absolute Gasteiger partial charge is 0.300 e. The van der Waals surface area contributed by atoms with Crippen molar-refractivity contribution in [2.45, 2.75) is 6.04 Å². The van der Waals surface area contributed by atoms with Crippen LogP contribution in [0, 0.1) is 0 Å². The number of Topliss-reactive ketones (excluding diaryl/α,β-unsaturated/α-hetero) is 1. The molecule has 3 aromatic rings. The minimum Gasteiger partial charge on any atom is -0.507 e. The summed E-state index contributed by atoms with van der Waals surface area (Å²) in [6.45, 7) is 1.21. The Balaban J connectivity index is 1.71. The van der Waals surface area contributed by atoms with Crippen molar-refractivity contribution in [2.75, 3.05) is 37.1 Å². The van der Waals surface area contributed by atoms with E-state index in [0.29, 0.717) is 40.7 Å². The van der Waals surface area contributed by atoms with Crippen LogP contribution in [0.3, 0.4) is 0 Å². The molecule has 1 saturated heterocycles. The van der Waals surface area contributed by atoms with E-state index in [1.807, 2.05) is 11.9 Å². The SMILES string of the molecule is COc1ccc(C2/C(=C(/O)c3ccc4c(c3)N(C)CCO4)C(=O)C(=O)N2c2cccc(Cl)c2)cc1O. The van der Waals surface area contributed by atoms with Gasteiger partial charge >= 0.3 is 0 Å². The molecule has 0 saturated carbocycles. The van der Waals surface area contributed by atoms with E-state index in [0.717, 1.165) is 5.69 Å². The average Bonchev–Trinajstić information content (AvgIpc) is 3.14. The summed E-state index contributed by atoms with van der Waals surface area (Å²) in [6.07, 6.45) is 0. The van der Waals surface area contributed by atoms with Crippen molar-refractivity contribution in [3.05, 3.63) is 82.4 Å². The van der Waals surface area contributed by atoms with Gasteiger partial charge in [-0.15, -0.1) is 0 Å². The summed E-state index contributed by atoms with van der Waals surface area (Å²) in [5, 5.41) is 22.3. The third-order valence-electron chi connectivity index (χ3n) is 6.38. The quantitative estimate of drug-likeness (QED) is 0.305. The van der Waals surface area contributed by atoms with Crippen LogP contribution in [0.2, 0.25) is 5.02 Å². The Labute approximate surface area is 212 Å². The monoisotopic (exact) mass is 506 g/mol. The van der Waals surface area contributed by atoms with Crippen molar-refractivity contribution >= 4 is 40.4 Å². The second-order valence-electron chi connectivity index (χ2n) is 8.53. The highest BCUT2D eigenvalue weighted by Gasteiger charge is 2.47. The van der Waals surface area contributed by atoms with Crippen molar-refractivity contribution in [1.82, 2.24) is 0 Å². The topological polar surface area (TPSA) is 99.5 Å². The van der Waals surface area contributed by atoms with Gasteiger partial charge in [0.05, 0.1) is 31.0 Å². The van der Waals surface area contributed by atoms with Crippen molar-refractivity contribution in [3.8, 4) is 17.2 Å². The fourth-order valence-electron chi connectivity index (χ4n) is 4.57.